The Bertz CT molecular complexity index is 79.5. The van der Waals surface area contributed by atoms with Crippen molar-refractivity contribution in [1.82, 2.24) is 0 Å². The summed E-state index contributed by atoms with van der Waals surface area (Å²) in [5.74, 6) is 0. The Kier molecular flexibility index (Phi) is 2.38. The van der Waals surface area contributed by atoms with E-state index in [9.17, 15) is 9.18 Å². The van der Waals surface area contributed by atoms with Crippen molar-refractivity contribution in [3.8, 4) is 0 Å². The molecule has 0 aliphatic heterocycles. The van der Waals surface area contributed by atoms with Crippen molar-refractivity contribution in [2.24, 2.45) is 5.14 Å². The van der Waals surface area contributed by atoms with Gasteiger partial charge in [0, 0.05) is 9.64 Å². The minimum atomic E-state index is -1.62. The number of hydrogen-bond donors (Lipinski definition) is 1. The fourth-order valence-electron chi connectivity index (χ4n) is 0. The highest BCUT2D eigenvalue weighted by Crippen LogP contribution is 1.76. The summed E-state index contributed by atoms with van der Waals surface area (Å²) >= 11 is 3.98. The molecule has 2 N–H and O–H groups in total. The average molecular weight is 127 g/mol. The first kappa shape index (κ1) is 6.13. The highest BCUT2D eigenvalue weighted by atomic mass is 32.8. The van der Waals surface area contributed by atoms with Gasteiger partial charge in [0.15, 0.2) is 0 Å². The summed E-state index contributed by atoms with van der Waals surface area (Å²) in [6, 6.07) is 0. The Labute approximate surface area is 41.2 Å². The van der Waals surface area contributed by atoms with Crippen molar-refractivity contribution >= 4 is 26.2 Å². The van der Waals surface area contributed by atoms with Crippen LogP contribution >= 0.6 is 0 Å². The van der Waals surface area contributed by atoms with Crippen molar-refractivity contribution in [1.29, 1.82) is 0 Å². The van der Waals surface area contributed by atoms with E-state index in [2.05, 4.69) is 16.3 Å². The van der Waals surface area contributed by atoms with Gasteiger partial charge in [0.2, 0.25) is 0 Å². The van der Waals surface area contributed by atoms with E-state index in [1.165, 1.54) is 0 Å². The van der Waals surface area contributed by atoms with Gasteiger partial charge in [-0.1, -0.05) is 0 Å². The highest BCUT2D eigenvalue weighted by Gasteiger charge is 1.94. The van der Waals surface area contributed by atoms with E-state index in [0.29, 0.717) is 0 Å². The van der Waals surface area contributed by atoms with Gasteiger partial charge in [-0.05, 0) is 11.2 Å². The standard InChI is InChI=1S/CH2FNOS2/c2-1(4)6(3)5/h3H2. The fraction of sp³-hybridized carbons (Fsp3) is 0. The summed E-state index contributed by atoms with van der Waals surface area (Å²) in [6.07, 6.45) is 0. The predicted octanol–water partition coefficient (Wildman–Crippen LogP) is 0.0298. The lowest BCUT2D eigenvalue weighted by atomic mass is 11.7. The SMILES string of the molecule is NS(=S)C(=O)F. The largest absolute Gasteiger partial charge is 0.377 e. The van der Waals surface area contributed by atoms with E-state index in [0.717, 1.165) is 0 Å². The van der Waals surface area contributed by atoms with Gasteiger partial charge in [0.25, 0.3) is 0 Å². The smallest absolute Gasteiger partial charge is 0.266 e. The van der Waals surface area contributed by atoms with Crippen molar-refractivity contribution < 1.29 is 9.18 Å². The monoisotopic (exact) mass is 127 g/mol. The zero-order valence-electron chi connectivity index (χ0n) is 2.68. The number of halogens is 1. The topological polar surface area (TPSA) is 43.1 Å². The second-order valence-corrected chi connectivity index (χ2v) is 2.53. The molecule has 1 unspecified atom stereocenters. The maximum atomic E-state index is 11.0. The third-order valence-electron chi connectivity index (χ3n) is 0.158. The van der Waals surface area contributed by atoms with Gasteiger partial charge in [0.1, 0.15) is 0 Å². The number of hydrogen-bond acceptors (Lipinski definition) is 2. The minimum Gasteiger partial charge on any atom is -0.266 e. The molecule has 6 heavy (non-hydrogen) atoms. The summed E-state index contributed by atoms with van der Waals surface area (Å²) in [7, 11) is -1.59. The quantitative estimate of drug-likeness (QED) is 0.467. The lowest BCUT2D eigenvalue weighted by Gasteiger charge is -1.76. The molecule has 0 saturated heterocycles. The molecule has 0 amide bonds. The zero-order valence-corrected chi connectivity index (χ0v) is 4.31. The maximum absolute atomic E-state index is 11.0. The third-order valence-corrected chi connectivity index (χ3v) is 0.868. The number of carbonyl (C=O) groups excluding carboxylic acids is 1. The molecule has 36 valence electrons. The molecule has 0 aromatic heterocycles. The number of rotatable bonds is 0. The van der Waals surface area contributed by atoms with Gasteiger partial charge in [-0.15, -0.1) is 0 Å². The van der Waals surface area contributed by atoms with E-state index >= 15 is 0 Å². The van der Waals surface area contributed by atoms with Gasteiger partial charge in [-0.25, -0.2) is 4.79 Å². The Morgan fingerprint density at radius 3 is 2.17 bits per heavy atom. The molecule has 0 fully saturated rings. The molecular weight excluding hydrogens is 125 g/mol. The van der Waals surface area contributed by atoms with Crippen LogP contribution < -0.4 is 5.14 Å². The van der Waals surface area contributed by atoms with E-state index in [1.807, 2.05) is 0 Å². The van der Waals surface area contributed by atoms with E-state index in [4.69, 9.17) is 0 Å². The van der Waals surface area contributed by atoms with Crippen LogP contribution in [0.3, 0.4) is 0 Å². The van der Waals surface area contributed by atoms with Crippen LogP contribution in [0, 0.1) is 0 Å². The molecule has 0 aromatic rings. The van der Waals surface area contributed by atoms with Crippen LogP contribution in [-0.4, -0.2) is 5.37 Å². The number of carbonyl (C=O) groups is 1. The van der Waals surface area contributed by atoms with Crippen LogP contribution in [0.25, 0.3) is 0 Å². The molecule has 0 saturated carbocycles. The van der Waals surface area contributed by atoms with Gasteiger partial charge in [-0.2, -0.15) is 4.39 Å². The average Bonchev–Trinajstić information content (AvgIpc) is 1.36. The molecule has 0 aromatic carbocycles. The third kappa shape index (κ3) is 2.37. The molecule has 0 spiro atoms. The van der Waals surface area contributed by atoms with Gasteiger partial charge in [-0.3, -0.25) is 5.14 Å². The Morgan fingerprint density at radius 1 is 2.00 bits per heavy atom. The Balaban J connectivity index is 3.57. The first-order valence-electron chi connectivity index (χ1n) is 1.000. The van der Waals surface area contributed by atoms with Crippen molar-refractivity contribution in [2.45, 2.75) is 0 Å². The van der Waals surface area contributed by atoms with Crippen LogP contribution in [0.4, 0.5) is 9.18 Å². The van der Waals surface area contributed by atoms with Gasteiger partial charge >= 0.3 is 5.37 Å². The molecule has 0 rings (SSSR count). The van der Waals surface area contributed by atoms with Crippen LogP contribution in [0.1, 0.15) is 0 Å². The molecule has 5 heteroatoms. The summed E-state index contributed by atoms with van der Waals surface area (Å²) in [4.78, 5) is 9.26. The molecule has 0 bridgehead atoms. The molecule has 0 heterocycles. The second-order valence-electron chi connectivity index (χ2n) is 0.535. The maximum Gasteiger partial charge on any atom is 0.377 e. The molecule has 0 radical (unpaired) electrons. The van der Waals surface area contributed by atoms with Crippen LogP contribution in [0.5, 0.6) is 0 Å². The molecule has 1 atom stereocenters. The van der Waals surface area contributed by atoms with Gasteiger partial charge < -0.3 is 0 Å². The first-order chi connectivity index (χ1) is 2.64. The Morgan fingerprint density at radius 2 is 2.17 bits per heavy atom. The van der Waals surface area contributed by atoms with Crippen LogP contribution in [0.2, 0.25) is 0 Å². The lowest BCUT2D eigenvalue weighted by molar-refractivity contribution is 0.245. The summed E-state index contributed by atoms with van der Waals surface area (Å²) < 4.78 is 11.0. The molecular formula is CH2FNOS2. The first-order valence-corrected chi connectivity index (χ1v) is 3.21. The highest BCUT2D eigenvalue weighted by molar-refractivity contribution is 8.35. The fourth-order valence-corrected chi connectivity index (χ4v) is 0. The molecule has 0 aliphatic rings. The van der Waals surface area contributed by atoms with Crippen molar-refractivity contribution in [2.75, 3.05) is 0 Å². The van der Waals surface area contributed by atoms with Crippen LogP contribution in [-0.2, 0) is 20.8 Å². The summed E-state index contributed by atoms with van der Waals surface area (Å²) in [6.45, 7) is 0. The van der Waals surface area contributed by atoms with Crippen LogP contribution in [0.15, 0.2) is 0 Å². The summed E-state index contributed by atoms with van der Waals surface area (Å²) in [5.41, 5.74) is 0. The molecule has 0 aliphatic carbocycles. The van der Waals surface area contributed by atoms with E-state index in [1.54, 1.807) is 0 Å². The summed E-state index contributed by atoms with van der Waals surface area (Å²) in [5, 5.41) is 2.93. The molecule has 2 nitrogen and oxygen atoms in total. The van der Waals surface area contributed by atoms with Crippen molar-refractivity contribution in [3.63, 3.8) is 0 Å². The van der Waals surface area contributed by atoms with Gasteiger partial charge in [0.05, 0.1) is 0 Å². The van der Waals surface area contributed by atoms with E-state index in [-0.39, 0.29) is 0 Å². The normalized spacial score (nSPS) is 13.7. The Hall–Kier alpha value is 0.130. The van der Waals surface area contributed by atoms with Crippen molar-refractivity contribution in [3.05, 3.63) is 0 Å². The number of nitrogens with two attached hydrogens (primary N) is 1. The zero-order chi connectivity index (χ0) is 5.15. The minimum absolute atomic E-state index is 1.59. The predicted molar refractivity (Wildman–Crippen MR) is 25.4 cm³/mol. The lowest BCUT2D eigenvalue weighted by Crippen LogP contribution is -2.06. The second kappa shape index (κ2) is 2.33. The van der Waals surface area contributed by atoms with E-state index < -0.39 is 15.0 Å².